The molecule has 0 spiro atoms. The van der Waals surface area contributed by atoms with Gasteiger partial charge in [0.2, 0.25) is 0 Å². The zero-order valence-corrected chi connectivity index (χ0v) is 83.9. The van der Waals surface area contributed by atoms with Gasteiger partial charge >= 0.3 is 0 Å². The summed E-state index contributed by atoms with van der Waals surface area (Å²) < 4.78 is 36.9. The first-order valence-corrected chi connectivity index (χ1v) is 50.3. The lowest BCUT2D eigenvalue weighted by Gasteiger charge is -2.32. The van der Waals surface area contributed by atoms with Crippen LogP contribution in [0.3, 0.4) is 0 Å². The van der Waals surface area contributed by atoms with Crippen molar-refractivity contribution in [3.05, 3.63) is 134 Å². The summed E-state index contributed by atoms with van der Waals surface area (Å²) in [5, 5.41) is 29.9. The van der Waals surface area contributed by atoms with Gasteiger partial charge in [-0.2, -0.15) is 0 Å². The van der Waals surface area contributed by atoms with Crippen LogP contribution < -0.4 is 52.5 Å². The number of benzene rings is 4. The number of nitrogens with one attached hydrogen (secondary N) is 2. The number of halogens is 4. The highest BCUT2D eigenvalue weighted by Gasteiger charge is 2.31. The lowest BCUT2D eigenvalue weighted by atomic mass is 9.93. The van der Waals surface area contributed by atoms with Crippen LogP contribution in [-0.4, -0.2) is 181 Å². The second-order valence-electron chi connectivity index (χ2n) is 34.7. The average molecular weight is 2240 g/mol. The van der Waals surface area contributed by atoms with Gasteiger partial charge in [0, 0.05) is 163 Å². The van der Waals surface area contributed by atoms with Crippen molar-refractivity contribution >= 4 is 217 Å². The number of piperidine rings is 2. The standard InChI is InChI=1S/2C24H28IN5O3S.2C21H26IN5OS/c2*1-14(31)23(32)29-8-3-15(4-9-29)5-10-30-18-2-7-27-22(26)21(18)28-24(30)34-20-13-19-16(6-11-33-19)12-17(20)25;2*1-21(2,3)12-24-7-8-27-15-4-6-25-19(23)18(15)26-20(27)29-17-11-16-13(5-9-28-16)10-14(17)22/h2*2,7,12-15,31H,3-6,8-11H2,1H3,(H2,26,27);2*4,6,10-11,24H,5,7-9,12H2,1-3H3,(H2,23,25)/t2*14-;;/m00../s1/i25+4;25-3;22+4;22-3. The number of pyridine rings is 4. The van der Waals surface area contributed by atoms with Crippen molar-refractivity contribution in [1.82, 2.24) is 78.6 Å². The normalized spacial score (nSPS) is 15.5. The van der Waals surface area contributed by atoms with Crippen LogP contribution in [0.25, 0.3) is 44.1 Å². The summed E-state index contributed by atoms with van der Waals surface area (Å²) in [6, 6.07) is 25.3. The van der Waals surface area contributed by atoms with Gasteiger partial charge < -0.3 is 90.8 Å². The lowest BCUT2D eigenvalue weighted by molar-refractivity contribution is -0.141. The first kappa shape index (κ1) is 93.5. The Labute approximate surface area is 805 Å². The molecule has 36 heteroatoms. The molecule has 0 aliphatic carbocycles. The SMILES string of the molecule is CC(C)(C)CNCCn1c(Sc2cc3c(cc2[124I])CCO3)nc2c(N)nccc21.CC(C)(C)CNCCn1c(Sc2cc3c(cc2[131I])CCO3)nc2c(N)nccc21.C[C@H](O)C(=O)N1CCC(CCn2c(Sc3cc4c(cc3[124I])CCO4)nc3c(N)nccc32)CC1.C[C@H](O)C(=O)N1CCC(CCn2c(Sc3cc4c(cc3[131I])CCO4)nc3c(N)nccc32)CC1. The Morgan fingerprint density at radius 1 is 0.452 bits per heavy atom. The molecule has 2 saturated heterocycles. The Balaban J connectivity index is 0.000000130. The van der Waals surface area contributed by atoms with Gasteiger partial charge in [-0.25, -0.2) is 39.9 Å². The van der Waals surface area contributed by atoms with Crippen molar-refractivity contribution in [3.8, 4) is 23.0 Å². The average Bonchev–Trinajstić information content (AvgIpc) is 1.64. The topological polar surface area (TPSA) is 369 Å². The number of imidazole rings is 4. The van der Waals surface area contributed by atoms with Crippen LogP contribution in [0.5, 0.6) is 23.0 Å². The van der Waals surface area contributed by atoms with Gasteiger partial charge in [0.05, 0.1) is 48.5 Å². The van der Waals surface area contributed by atoms with Crippen LogP contribution in [-0.2, 0) is 61.5 Å². The summed E-state index contributed by atoms with van der Waals surface area (Å²) in [5.41, 5.74) is 37.2. The molecule has 4 aromatic carbocycles. The molecule has 0 radical (unpaired) electrons. The molecule has 12 aromatic rings. The van der Waals surface area contributed by atoms with E-state index in [2.05, 4.69) is 229 Å². The molecule has 0 unspecified atom stereocenters. The maximum absolute atomic E-state index is 12.1. The van der Waals surface area contributed by atoms with E-state index in [1.165, 1.54) is 50.4 Å². The van der Waals surface area contributed by atoms with E-state index >= 15 is 0 Å². The van der Waals surface area contributed by atoms with Crippen LogP contribution in [0.4, 0.5) is 23.3 Å². The van der Waals surface area contributed by atoms with Gasteiger partial charge in [0.1, 0.15) is 57.3 Å². The number of hydrogen-bond acceptors (Lipinski definition) is 26. The number of nitrogens with zero attached hydrogens (tertiary/aromatic N) is 14. The molecule has 2 amide bonds. The van der Waals surface area contributed by atoms with E-state index < -0.39 is 12.2 Å². The Kier molecular flexibility index (Phi) is 30.8. The fourth-order valence-electron chi connectivity index (χ4n) is 16.1. The number of aliphatic hydroxyl groups excluding tert-OH is 2. The number of carbonyl (C=O) groups is 2. The lowest BCUT2D eigenvalue weighted by Crippen LogP contribution is -2.43. The summed E-state index contributed by atoms with van der Waals surface area (Å²) in [4.78, 5) is 68.6. The number of ether oxygens (including phenoxy) is 4. The first-order chi connectivity index (χ1) is 60.4. The minimum absolute atomic E-state index is 0.173. The molecule has 2 atom stereocenters. The third kappa shape index (κ3) is 22.7. The summed E-state index contributed by atoms with van der Waals surface area (Å²) in [6.45, 7) is 29.2. The molecule has 18 rings (SSSR count). The molecule has 6 aliphatic heterocycles. The second kappa shape index (κ2) is 41.5. The van der Waals surface area contributed by atoms with Crippen molar-refractivity contribution in [2.24, 2.45) is 22.7 Å². The summed E-state index contributed by atoms with van der Waals surface area (Å²) in [6.07, 6.45) is 14.7. The highest BCUT2D eigenvalue weighted by molar-refractivity contribution is 14.1. The number of nitrogen functional groups attached to an aromatic ring is 4. The molecule has 668 valence electrons. The number of fused-ring (bicyclic) bond motifs is 8. The number of carbonyl (C=O) groups excluding carboxylic acids is 2. The van der Waals surface area contributed by atoms with Crippen molar-refractivity contribution in [1.29, 1.82) is 0 Å². The Morgan fingerprint density at radius 2 is 0.730 bits per heavy atom. The van der Waals surface area contributed by atoms with Gasteiger partial charge in [0.15, 0.2) is 43.9 Å². The Bertz CT molecular complexity index is 5600. The number of aryl methyl sites for hydroxylation is 2. The molecule has 0 saturated carbocycles. The number of hydrogen-bond donors (Lipinski definition) is 8. The van der Waals surface area contributed by atoms with Gasteiger partial charge in [-0.05, 0) is 260 Å². The van der Waals surface area contributed by atoms with E-state index in [4.69, 9.17) is 61.8 Å². The highest BCUT2D eigenvalue weighted by atomic mass is 131. The van der Waals surface area contributed by atoms with Gasteiger partial charge in [-0.15, -0.1) is 0 Å². The third-order valence-electron chi connectivity index (χ3n) is 22.8. The van der Waals surface area contributed by atoms with Gasteiger partial charge in [-0.3, -0.25) is 9.59 Å². The van der Waals surface area contributed by atoms with Crippen LogP contribution in [0.2, 0.25) is 0 Å². The van der Waals surface area contributed by atoms with E-state index in [9.17, 15) is 19.8 Å². The summed E-state index contributed by atoms with van der Waals surface area (Å²) in [7, 11) is 0. The maximum Gasteiger partial charge on any atom is 0.251 e. The highest BCUT2D eigenvalue weighted by Crippen LogP contribution is 2.45. The number of aromatic nitrogens is 12. The number of rotatable bonds is 24. The molecule has 8 aromatic heterocycles. The van der Waals surface area contributed by atoms with Crippen molar-refractivity contribution < 1.29 is 38.7 Å². The molecule has 28 nitrogen and oxygen atoms in total. The molecule has 12 N–H and O–H groups in total. The number of aliphatic hydroxyl groups is 2. The summed E-state index contributed by atoms with van der Waals surface area (Å²) >= 11 is 16.2. The molecular weight excluding hydrogens is 2130 g/mol. The van der Waals surface area contributed by atoms with E-state index in [1.54, 1.807) is 81.6 Å². The number of amides is 2. The van der Waals surface area contributed by atoms with E-state index in [-0.39, 0.29) is 22.6 Å². The van der Waals surface area contributed by atoms with Crippen LogP contribution >= 0.6 is 137 Å². The van der Waals surface area contributed by atoms with Crippen LogP contribution in [0, 0.1) is 36.9 Å². The molecule has 126 heavy (non-hydrogen) atoms. The van der Waals surface area contributed by atoms with Crippen molar-refractivity contribution in [2.75, 3.05) is 102 Å². The first-order valence-electron chi connectivity index (χ1n) is 42.7. The quantitative estimate of drug-likeness (QED) is 0.0206. The van der Waals surface area contributed by atoms with Crippen LogP contribution in [0.1, 0.15) is 116 Å². The predicted octanol–water partition coefficient (Wildman–Crippen LogP) is 16.1. The molecule has 6 aliphatic rings. The fourth-order valence-corrected chi connectivity index (χ4v) is 23.4. The monoisotopic (exact) mass is 2230 g/mol. The summed E-state index contributed by atoms with van der Waals surface area (Å²) in [5.74, 6) is 6.41. The number of anilines is 4. The van der Waals surface area contributed by atoms with E-state index in [0.29, 0.717) is 61.3 Å². The number of likely N-dealkylation sites (tertiary alicyclic amines) is 2. The largest absolute Gasteiger partial charge is 0.493 e. The minimum atomic E-state index is -0.931. The van der Waals surface area contributed by atoms with Crippen molar-refractivity contribution in [3.63, 3.8) is 0 Å². The minimum Gasteiger partial charge on any atom is -0.493 e. The van der Waals surface area contributed by atoms with Gasteiger partial charge in [-0.1, -0.05) is 88.6 Å². The smallest absolute Gasteiger partial charge is 0.251 e. The second-order valence-corrected chi connectivity index (χ2v) is 43.4. The maximum atomic E-state index is 12.1. The number of nitrogens with two attached hydrogens (primary N) is 4. The van der Waals surface area contributed by atoms with E-state index in [0.717, 1.165) is 250 Å². The Hall–Kier alpha value is -7.14. The third-order valence-corrected chi connectivity index (χ3v) is 32.1. The molecular formula is C90H108I4N20O8S4. The zero-order valence-electron chi connectivity index (χ0n) is 72.0. The molecule has 14 heterocycles. The fraction of sp³-hybridized carbons (Fsp3) is 0.444. The molecule has 0 bridgehead atoms. The van der Waals surface area contributed by atoms with Crippen molar-refractivity contribution in [2.45, 2.75) is 198 Å². The molecule has 2 fully saturated rings. The predicted molar refractivity (Wildman–Crippen MR) is 534 cm³/mol. The zero-order chi connectivity index (χ0) is 88.8. The van der Waals surface area contributed by atoms with Gasteiger partial charge in [0.25, 0.3) is 11.8 Å². The van der Waals surface area contributed by atoms with E-state index in [1.807, 2.05) is 24.3 Å². The van der Waals surface area contributed by atoms with Crippen LogP contribution in [0.15, 0.2) is 138 Å². The Morgan fingerprint density at radius 3 is 1.02 bits per heavy atom.